The second-order valence-electron chi connectivity index (χ2n) is 3.85. The van der Waals surface area contributed by atoms with E-state index in [1.54, 1.807) is 0 Å². The van der Waals surface area contributed by atoms with Crippen LogP contribution in [0.3, 0.4) is 0 Å². The fourth-order valence-corrected chi connectivity index (χ4v) is 2.34. The van der Waals surface area contributed by atoms with Gasteiger partial charge in [-0.3, -0.25) is 0 Å². The predicted octanol–water partition coefficient (Wildman–Crippen LogP) is 3.26. The second kappa shape index (κ2) is 6.52. The van der Waals surface area contributed by atoms with E-state index in [0.717, 1.165) is 22.8 Å². The molecule has 0 amide bonds. The van der Waals surface area contributed by atoms with Crippen LogP contribution in [-0.4, -0.2) is 0 Å². The van der Waals surface area contributed by atoms with Crippen molar-refractivity contribution in [2.45, 2.75) is 5.88 Å². The highest BCUT2D eigenvalue weighted by Gasteiger charge is 2.04. The average molecular weight is 275 g/mol. The van der Waals surface area contributed by atoms with Crippen molar-refractivity contribution < 1.29 is 4.57 Å². The SMILES string of the molecule is Nc1ccc(/C=C/c2cccc[n+]2CSS)cc1. The lowest BCUT2D eigenvalue weighted by atomic mass is 10.2. The van der Waals surface area contributed by atoms with Gasteiger partial charge in [0.25, 0.3) is 0 Å². The molecular weight excluding hydrogens is 260 g/mol. The van der Waals surface area contributed by atoms with Crippen LogP contribution in [-0.2, 0) is 5.88 Å². The lowest BCUT2D eigenvalue weighted by molar-refractivity contribution is -0.677. The van der Waals surface area contributed by atoms with Gasteiger partial charge < -0.3 is 5.73 Å². The minimum Gasteiger partial charge on any atom is -0.399 e. The maximum absolute atomic E-state index is 5.66. The Bertz CT molecular complexity index is 536. The molecule has 0 saturated heterocycles. The van der Waals surface area contributed by atoms with Gasteiger partial charge in [-0.1, -0.05) is 12.1 Å². The van der Waals surface area contributed by atoms with Crippen LogP contribution in [0.2, 0.25) is 0 Å². The largest absolute Gasteiger partial charge is 0.399 e. The molecule has 2 aromatic rings. The third kappa shape index (κ3) is 3.55. The van der Waals surface area contributed by atoms with Gasteiger partial charge in [0, 0.05) is 23.9 Å². The molecule has 18 heavy (non-hydrogen) atoms. The van der Waals surface area contributed by atoms with Gasteiger partial charge in [-0.15, -0.1) is 11.7 Å². The number of anilines is 1. The number of pyridine rings is 1. The molecule has 0 aliphatic rings. The topological polar surface area (TPSA) is 29.9 Å². The number of nitrogens with zero attached hydrogens (tertiary/aromatic N) is 1. The van der Waals surface area contributed by atoms with Gasteiger partial charge in [0.05, 0.1) is 0 Å². The van der Waals surface area contributed by atoms with Crippen LogP contribution < -0.4 is 10.3 Å². The summed E-state index contributed by atoms with van der Waals surface area (Å²) in [7, 11) is 1.50. The van der Waals surface area contributed by atoms with Crippen LogP contribution in [0.1, 0.15) is 11.3 Å². The van der Waals surface area contributed by atoms with Gasteiger partial charge in [-0.05, 0) is 40.6 Å². The number of nitrogens with two attached hydrogens (primary N) is 1. The van der Waals surface area contributed by atoms with Crippen molar-refractivity contribution in [3.63, 3.8) is 0 Å². The van der Waals surface area contributed by atoms with Crippen molar-refractivity contribution in [1.82, 2.24) is 0 Å². The first-order chi connectivity index (χ1) is 8.79. The summed E-state index contributed by atoms with van der Waals surface area (Å²) >= 11 is 4.19. The van der Waals surface area contributed by atoms with E-state index in [9.17, 15) is 0 Å². The summed E-state index contributed by atoms with van der Waals surface area (Å²) in [5.41, 5.74) is 8.73. The van der Waals surface area contributed by atoms with Crippen molar-refractivity contribution in [2.24, 2.45) is 0 Å². The number of nitrogen functional groups attached to an aromatic ring is 1. The van der Waals surface area contributed by atoms with Crippen LogP contribution in [0, 0.1) is 0 Å². The summed E-state index contributed by atoms with van der Waals surface area (Å²) in [5.74, 6) is 0.825. The average Bonchev–Trinajstić information content (AvgIpc) is 2.40. The summed E-state index contributed by atoms with van der Waals surface area (Å²) in [6, 6.07) is 14.0. The Kier molecular flexibility index (Phi) is 4.73. The fraction of sp³-hybridized carbons (Fsp3) is 0.0714. The highest BCUT2D eigenvalue weighted by Crippen LogP contribution is 2.10. The van der Waals surface area contributed by atoms with E-state index in [1.807, 2.05) is 42.6 Å². The molecule has 2 nitrogen and oxygen atoms in total. The molecule has 0 spiro atoms. The standard InChI is InChI=1S/C14H14N2S2/c15-13-7-4-12(5-8-13)6-9-14-3-1-2-10-16(14)11-18-17/h1-10,15,17H,11H2/p+1. The van der Waals surface area contributed by atoms with Gasteiger partial charge in [0.2, 0.25) is 11.6 Å². The Morgan fingerprint density at radius 3 is 2.61 bits per heavy atom. The molecule has 1 aromatic carbocycles. The third-order valence-electron chi connectivity index (χ3n) is 2.56. The van der Waals surface area contributed by atoms with Gasteiger partial charge in [-0.25, -0.2) is 0 Å². The Balaban J connectivity index is 2.20. The molecule has 2 N–H and O–H groups in total. The highest BCUT2D eigenvalue weighted by atomic mass is 33.1. The van der Waals surface area contributed by atoms with Gasteiger partial charge >= 0.3 is 0 Å². The van der Waals surface area contributed by atoms with E-state index in [2.05, 4.69) is 34.4 Å². The molecule has 0 atom stereocenters. The molecule has 4 heteroatoms. The molecule has 0 aliphatic heterocycles. The summed E-state index contributed by atoms with van der Waals surface area (Å²) in [6.07, 6.45) is 6.22. The van der Waals surface area contributed by atoms with Crippen LogP contribution >= 0.6 is 22.5 Å². The van der Waals surface area contributed by atoms with E-state index in [-0.39, 0.29) is 0 Å². The number of benzene rings is 1. The van der Waals surface area contributed by atoms with E-state index in [4.69, 9.17) is 5.73 Å². The predicted molar refractivity (Wildman–Crippen MR) is 83.0 cm³/mol. The van der Waals surface area contributed by atoms with E-state index in [1.165, 1.54) is 10.8 Å². The number of hydrogen-bond donors (Lipinski definition) is 2. The van der Waals surface area contributed by atoms with Crippen molar-refractivity contribution in [1.29, 1.82) is 0 Å². The van der Waals surface area contributed by atoms with Crippen LogP contribution in [0.15, 0.2) is 48.7 Å². The minimum atomic E-state index is 0.786. The molecule has 0 unspecified atom stereocenters. The molecule has 92 valence electrons. The number of thiol groups is 1. The fourth-order valence-electron chi connectivity index (χ4n) is 1.61. The smallest absolute Gasteiger partial charge is 0.205 e. The first-order valence-electron chi connectivity index (χ1n) is 5.58. The highest BCUT2D eigenvalue weighted by molar-refractivity contribution is 8.68. The monoisotopic (exact) mass is 275 g/mol. The van der Waals surface area contributed by atoms with Crippen molar-refractivity contribution in [3.8, 4) is 0 Å². The maximum Gasteiger partial charge on any atom is 0.205 e. The van der Waals surface area contributed by atoms with Gasteiger partial charge in [0.15, 0.2) is 6.20 Å². The summed E-state index contributed by atoms with van der Waals surface area (Å²) in [4.78, 5) is 0. The van der Waals surface area contributed by atoms with Crippen LogP contribution in [0.25, 0.3) is 12.2 Å². The molecule has 0 bridgehead atoms. The molecule has 0 saturated carbocycles. The molecule has 0 radical (unpaired) electrons. The summed E-state index contributed by atoms with van der Waals surface area (Å²) in [6.45, 7) is 0. The number of hydrogen-bond acceptors (Lipinski definition) is 3. The molecular formula is C14H15N2S2+. The quantitative estimate of drug-likeness (QED) is 0.388. The second-order valence-corrected chi connectivity index (χ2v) is 5.14. The molecule has 0 fully saturated rings. The van der Waals surface area contributed by atoms with Crippen LogP contribution in [0.4, 0.5) is 5.69 Å². The molecule has 0 aliphatic carbocycles. The van der Waals surface area contributed by atoms with E-state index >= 15 is 0 Å². The number of rotatable bonds is 4. The van der Waals surface area contributed by atoms with Gasteiger partial charge in [-0.2, -0.15) is 4.57 Å². The first kappa shape index (κ1) is 13.1. The first-order valence-corrected chi connectivity index (χ1v) is 7.62. The zero-order valence-corrected chi connectivity index (χ0v) is 11.6. The van der Waals surface area contributed by atoms with Crippen molar-refractivity contribution >= 4 is 40.3 Å². The Labute approximate surface area is 116 Å². The minimum absolute atomic E-state index is 0.786. The Morgan fingerprint density at radius 1 is 1.11 bits per heavy atom. The summed E-state index contributed by atoms with van der Waals surface area (Å²) < 4.78 is 2.14. The van der Waals surface area contributed by atoms with Crippen molar-refractivity contribution in [3.05, 3.63) is 59.9 Å². The molecule has 1 aromatic heterocycles. The lowest BCUT2D eigenvalue weighted by Gasteiger charge is -1.98. The Hall–Kier alpha value is -1.39. The van der Waals surface area contributed by atoms with E-state index < -0.39 is 0 Å². The van der Waals surface area contributed by atoms with Crippen molar-refractivity contribution in [2.75, 3.05) is 5.73 Å². The van der Waals surface area contributed by atoms with Gasteiger partial charge in [0.1, 0.15) is 0 Å². The number of aromatic nitrogens is 1. The zero-order chi connectivity index (χ0) is 12.8. The van der Waals surface area contributed by atoms with Crippen LogP contribution in [0.5, 0.6) is 0 Å². The zero-order valence-electron chi connectivity index (χ0n) is 9.86. The third-order valence-corrected chi connectivity index (χ3v) is 3.30. The summed E-state index contributed by atoms with van der Waals surface area (Å²) in [5, 5.41) is 0. The lowest BCUT2D eigenvalue weighted by Crippen LogP contribution is -2.34. The molecule has 1 heterocycles. The Morgan fingerprint density at radius 2 is 1.89 bits per heavy atom. The maximum atomic E-state index is 5.66. The molecule has 2 rings (SSSR count). The normalized spacial score (nSPS) is 10.9. The van der Waals surface area contributed by atoms with E-state index in [0.29, 0.717) is 0 Å².